The third kappa shape index (κ3) is 3.28. The zero-order valence-corrected chi connectivity index (χ0v) is 15.1. The van der Waals surface area contributed by atoms with Gasteiger partial charge in [-0.3, -0.25) is 4.79 Å². The van der Waals surface area contributed by atoms with E-state index in [-0.39, 0.29) is 6.54 Å². The highest BCUT2D eigenvalue weighted by Gasteiger charge is 2.12. The van der Waals surface area contributed by atoms with Crippen molar-refractivity contribution in [3.05, 3.63) is 41.7 Å². The van der Waals surface area contributed by atoms with E-state index in [1.165, 1.54) is 4.90 Å². The van der Waals surface area contributed by atoms with E-state index < -0.39 is 5.97 Å². The van der Waals surface area contributed by atoms with Gasteiger partial charge >= 0.3 is 5.97 Å². The summed E-state index contributed by atoms with van der Waals surface area (Å²) in [5.74, 6) is 0.214. The average Bonchev–Trinajstić information content (AvgIpc) is 2.62. The van der Waals surface area contributed by atoms with Crippen molar-refractivity contribution >= 4 is 22.8 Å². The lowest BCUT2D eigenvalue weighted by Gasteiger charge is -2.14. The standard InChI is InChI=1S/C19H20N4O3/c1-11-7-15(22-18-12(2)16(26-4)6-5-14(11)18)13-8-20-19(21-9-13)23(3)10-17(24)25/h5-9H,10H2,1-4H3,(H,24,25). The number of aliphatic carboxylic acids is 1. The minimum Gasteiger partial charge on any atom is -0.496 e. The van der Waals surface area contributed by atoms with Gasteiger partial charge in [0.05, 0.1) is 18.3 Å². The first-order valence-corrected chi connectivity index (χ1v) is 8.11. The number of carboxylic acid groups (broad SMARTS) is 1. The minimum absolute atomic E-state index is 0.161. The van der Waals surface area contributed by atoms with Crippen LogP contribution in [0.3, 0.4) is 0 Å². The van der Waals surface area contributed by atoms with Crippen molar-refractivity contribution < 1.29 is 14.6 Å². The fourth-order valence-electron chi connectivity index (χ4n) is 2.87. The maximum atomic E-state index is 10.8. The lowest BCUT2D eigenvalue weighted by molar-refractivity contribution is -0.135. The Labute approximate surface area is 151 Å². The molecule has 0 radical (unpaired) electrons. The van der Waals surface area contributed by atoms with Gasteiger partial charge in [-0.25, -0.2) is 15.0 Å². The molecule has 26 heavy (non-hydrogen) atoms. The number of hydrogen-bond acceptors (Lipinski definition) is 6. The molecule has 1 aromatic carbocycles. The molecule has 0 spiro atoms. The van der Waals surface area contributed by atoms with E-state index in [0.29, 0.717) is 5.95 Å². The molecular formula is C19H20N4O3. The van der Waals surface area contributed by atoms with E-state index in [0.717, 1.165) is 39.0 Å². The van der Waals surface area contributed by atoms with Crippen LogP contribution in [0.2, 0.25) is 0 Å². The quantitative estimate of drug-likeness (QED) is 0.755. The molecule has 0 saturated heterocycles. The third-order valence-electron chi connectivity index (χ3n) is 4.26. The van der Waals surface area contributed by atoms with Gasteiger partial charge in [0, 0.05) is 36.0 Å². The summed E-state index contributed by atoms with van der Waals surface area (Å²) in [5, 5.41) is 9.93. The van der Waals surface area contributed by atoms with Crippen molar-refractivity contribution in [2.24, 2.45) is 0 Å². The Morgan fingerprint density at radius 3 is 2.54 bits per heavy atom. The van der Waals surface area contributed by atoms with E-state index in [1.807, 2.05) is 32.0 Å². The van der Waals surface area contributed by atoms with Crippen LogP contribution >= 0.6 is 0 Å². The molecule has 0 aliphatic carbocycles. The number of aryl methyl sites for hydroxylation is 2. The third-order valence-corrected chi connectivity index (χ3v) is 4.26. The number of pyridine rings is 1. The van der Waals surface area contributed by atoms with Crippen molar-refractivity contribution in [1.82, 2.24) is 15.0 Å². The van der Waals surface area contributed by atoms with Crippen LogP contribution in [0, 0.1) is 13.8 Å². The van der Waals surface area contributed by atoms with Crippen molar-refractivity contribution in [2.45, 2.75) is 13.8 Å². The lowest BCUT2D eigenvalue weighted by atomic mass is 10.0. The smallest absolute Gasteiger partial charge is 0.323 e. The summed E-state index contributed by atoms with van der Waals surface area (Å²) < 4.78 is 5.39. The number of hydrogen-bond donors (Lipinski definition) is 1. The summed E-state index contributed by atoms with van der Waals surface area (Å²) >= 11 is 0. The number of anilines is 1. The van der Waals surface area contributed by atoms with Gasteiger partial charge in [0.15, 0.2) is 0 Å². The van der Waals surface area contributed by atoms with Crippen LogP contribution in [-0.2, 0) is 4.79 Å². The topological polar surface area (TPSA) is 88.4 Å². The van der Waals surface area contributed by atoms with Gasteiger partial charge in [0.25, 0.3) is 0 Å². The molecule has 0 aliphatic rings. The molecule has 0 atom stereocenters. The van der Waals surface area contributed by atoms with Crippen LogP contribution < -0.4 is 9.64 Å². The molecule has 2 aromatic heterocycles. The Morgan fingerprint density at radius 2 is 1.92 bits per heavy atom. The van der Waals surface area contributed by atoms with E-state index >= 15 is 0 Å². The maximum Gasteiger partial charge on any atom is 0.323 e. The van der Waals surface area contributed by atoms with Crippen molar-refractivity contribution in [1.29, 1.82) is 0 Å². The van der Waals surface area contributed by atoms with Crippen LogP contribution in [-0.4, -0.2) is 46.7 Å². The van der Waals surface area contributed by atoms with Gasteiger partial charge in [-0.1, -0.05) is 0 Å². The maximum absolute atomic E-state index is 10.8. The normalized spacial score (nSPS) is 10.8. The summed E-state index contributed by atoms with van der Waals surface area (Å²) in [4.78, 5) is 25.6. The van der Waals surface area contributed by atoms with Crippen LogP contribution in [0.5, 0.6) is 5.75 Å². The van der Waals surface area contributed by atoms with Crippen molar-refractivity contribution in [2.75, 3.05) is 25.6 Å². The molecule has 0 aliphatic heterocycles. The molecule has 3 rings (SSSR count). The summed E-state index contributed by atoms with van der Waals surface area (Å²) in [6.07, 6.45) is 3.31. The Balaban J connectivity index is 2.02. The molecule has 0 amide bonds. The van der Waals surface area contributed by atoms with E-state index in [4.69, 9.17) is 14.8 Å². The second-order valence-electron chi connectivity index (χ2n) is 6.13. The Kier molecular flexibility index (Phi) is 4.71. The summed E-state index contributed by atoms with van der Waals surface area (Å²) in [5.41, 5.74) is 4.49. The first-order valence-electron chi connectivity index (χ1n) is 8.11. The number of nitrogens with zero attached hydrogens (tertiary/aromatic N) is 4. The molecule has 0 saturated carbocycles. The molecular weight excluding hydrogens is 332 g/mol. The number of methoxy groups -OCH3 is 1. The summed E-state index contributed by atoms with van der Waals surface area (Å²) in [6, 6.07) is 5.95. The van der Waals surface area contributed by atoms with Gasteiger partial charge in [-0.2, -0.15) is 0 Å². The molecule has 2 heterocycles. The molecule has 134 valence electrons. The van der Waals surface area contributed by atoms with Crippen molar-refractivity contribution in [3.63, 3.8) is 0 Å². The zero-order chi connectivity index (χ0) is 18.8. The lowest BCUT2D eigenvalue weighted by Crippen LogP contribution is -2.26. The van der Waals surface area contributed by atoms with Crippen LogP contribution in [0.15, 0.2) is 30.6 Å². The Morgan fingerprint density at radius 1 is 1.23 bits per heavy atom. The average molecular weight is 352 g/mol. The van der Waals surface area contributed by atoms with Crippen LogP contribution in [0.1, 0.15) is 11.1 Å². The second-order valence-corrected chi connectivity index (χ2v) is 6.13. The number of carboxylic acids is 1. The molecule has 3 aromatic rings. The second kappa shape index (κ2) is 6.95. The molecule has 7 heteroatoms. The number of aromatic nitrogens is 3. The van der Waals surface area contributed by atoms with E-state index in [1.54, 1.807) is 26.6 Å². The van der Waals surface area contributed by atoms with Crippen LogP contribution in [0.25, 0.3) is 22.2 Å². The SMILES string of the molecule is COc1ccc2c(C)cc(-c3cnc(N(C)CC(=O)O)nc3)nc2c1C. The Hall–Kier alpha value is -3.22. The first kappa shape index (κ1) is 17.6. The predicted octanol–water partition coefficient (Wildman–Crippen LogP) is 2.84. The number of likely N-dealkylation sites (N-methyl/N-ethyl adjacent to an activating group) is 1. The molecule has 0 bridgehead atoms. The predicted molar refractivity (Wildman–Crippen MR) is 99.7 cm³/mol. The zero-order valence-electron chi connectivity index (χ0n) is 15.1. The van der Waals surface area contributed by atoms with Gasteiger partial charge in [-0.15, -0.1) is 0 Å². The van der Waals surface area contributed by atoms with Gasteiger partial charge < -0.3 is 14.7 Å². The van der Waals surface area contributed by atoms with Crippen molar-refractivity contribution in [3.8, 4) is 17.0 Å². The summed E-state index contributed by atoms with van der Waals surface area (Å²) in [6.45, 7) is 3.86. The Bertz CT molecular complexity index is 971. The van der Waals surface area contributed by atoms with Gasteiger partial charge in [0.2, 0.25) is 5.95 Å². The molecule has 7 nitrogen and oxygen atoms in total. The number of carbonyl (C=O) groups is 1. The first-order chi connectivity index (χ1) is 12.4. The highest BCUT2D eigenvalue weighted by molar-refractivity contribution is 5.89. The van der Waals surface area contributed by atoms with Gasteiger partial charge in [-0.05, 0) is 37.6 Å². The van der Waals surface area contributed by atoms with Crippen LogP contribution in [0.4, 0.5) is 5.95 Å². The fourth-order valence-corrected chi connectivity index (χ4v) is 2.87. The number of rotatable bonds is 5. The van der Waals surface area contributed by atoms with E-state index in [2.05, 4.69) is 9.97 Å². The fraction of sp³-hybridized carbons (Fsp3) is 0.263. The molecule has 0 fully saturated rings. The number of ether oxygens (including phenoxy) is 1. The monoisotopic (exact) mass is 352 g/mol. The molecule has 1 N–H and O–H groups in total. The highest BCUT2D eigenvalue weighted by Crippen LogP contribution is 2.30. The minimum atomic E-state index is -0.934. The number of fused-ring (bicyclic) bond motifs is 1. The largest absolute Gasteiger partial charge is 0.496 e. The molecule has 0 unspecified atom stereocenters. The number of benzene rings is 1. The highest BCUT2D eigenvalue weighted by atomic mass is 16.5. The van der Waals surface area contributed by atoms with E-state index in [9.17, 15) is 4.79 Å². The summed E-state index contributed by atoms with van der Waals surface area (Å²) in [7, 11) is 3.28. The van der Waals surface area contributed by atoms with Gasteiger partial charge in [0.1, 0.15) is 12.3 Å².